The molecule has 0 spiro atoms. The first kappa shape index (κ1) is 27.0. The van der Waals surface area contributed by atoms with Crippen molar-refractivity contribution in [3.63, 3.8) is 0 Å². The number of hydrogen-bond acceptors (Lipinski definition) is 8. The van der Waals surface area contributed by atoms with Crippen LogP contribution in [-0.4, -0.2) is 55.9 Å². The van der Waals surface area contributed by atoms with Crippen LogP contribution in [-0.2, 0) is 16.6 Å². The van der Waals surface area contributed by atoms with Crippen LogP contribution in [0.2, 0.25) is 0 Å². The lowest BCUT2D eigenvalue weighted by Crippen LogP contribution is -2.39. The largest absolute Gasteiger partial charge is 0.495 e. The quantitative estimate of drug-likeness (QED) is 0.297. The molecule has 0 radical (unpaired) electrons. The van der Waals surface area contributed by atoms with Gasteiger partial charge in [0.1, 0.15) is 21.7 Å². The number of carbonyl (C=O) groups is 1. The summed E-state index contributed by atoms with van der Waals surface area (Å²) < 4.78 is 39.8. The Bertz CT molecular complexity index is 1530. The maximum absolute atomic E-state index is 13.9. The number of pyridine rings is 1. The fourth-order valence-electron chi connectivity index (χ4n) is 4.73. The first-order chi connectivity index (χ1) is 18.8. The third-order valence-corrected chi connectivity index (χ3v) is 9.77. The molecule has 1 aliphatic rings. The van der Waals surface area contributed by atoms with Crippen molar-refractivity contribution in [2.75, 3.05) is 32.2 Å². The predicted octanol–water partition coefficient (Wildman–Crippen LogP) is 4.98. The average molecular weight is 567 g/mol. The van der Waals surface area contributed by atoms with E-state index in [1.54, 1.807) is 55.8 Å². The van der Waals surface area contributed by atoms with Crippen LogP contribution < -0.4 is 14.4 Å². The SMILES string of the molecule is COc1ccc(OC)c2sc(N(Cc3cccnc3)C(=O)c3ccc(S(=O)(=O)N4CCCC(C)C4)cc3)nc12. The summed E-state index contributed by atoms with van der Waals surface area (Å²) in [6, 6.07) is 13.4. The molecule has 1 atom stereocenters. The molecule has 1 aliphatic heterocycles. The van der Waals surface area contributed by atoms with Gasteiger partial charge >= 0.3 is 0 Å². The molecule has 1 unspecified atom stereocenters. The lowest BCUT2D eigenvalue weighted by Gasteiger charge is -2.30. The van der Waals surface area contributed by atoms with Crippen molar-refractivity contribution in [2.45, 2.75) is 31.2 Å². The van der Waals surface area contributed by atoms with E-state index in [1.807, 2.05) is 12.1 Å². The number of thiazole rings is 1. The minimum Gasteiger partial charge on any atom is -0.495 e. The molecule has 1 saturated heterocycles. The van der Waals surface area contributed by atoms with Crippen LogP contribution in [0, 0.1) is 5.92 Å². The predicted molar refractivity (Wildman–Crippen MR) is 151 cm³/mol. The molecule has 1 amide bonds. The molecule has 1 fully saturated rings. The first-order valence-electron chi connectivity index (χ1n) is 12.6. The van der Waals surface area contributed by atoms with Crippen LogP contribution in [0.1, 0.15) is 35.7 Å². The van der Waals surface area contributed by atoms with E-state index in [2.05, 4.69) is 11.9 Å². The van der Waals surface area contributed by atoms with Crippen molar-refractivity contribution in [1.29, 1.82) is 0 Å². The van der Waals surface area contributed by atoms with Gasteiger partial charge in [0, 0.05) is 31.0 Å². The fraction of sp³-hybridized carbons (Fsp3) is 0.321. The average Bonchev–Trinajstić information content (AvgIpc) is 3.41. The van der Waals surface area contributed by atoms with Crippen molar-refractivity contribution in [1.82, 2.24) is 14.3 Å². The minimum absolute atomic E-state index is 0.182. The van der Waals surface area contributed by atoms with Crippen molar-refractivity contribution in [3.05, 3.63) is 72.1 Å². The third kappa shape index (κ3) is 5.47. The number of amides is 1. The standard InChI is InChI=1S/C28H30N4O5S2/c1-19-6-5-15-31(17-19)39(34,35)22-10-8-21(9-11-22)27(33)32(18-20-7-4-14-29-16-20)28-30-25-23(36-2)12-13-24(37-3)26(25)38-28/h4,7-14,16,19H,5-6,15,17-18H2,1-3H3. The number of fused-ring (bicyclic) bond motifs is 1. The minimum atomic E-state index is -3.63. The number of methoxy groups -OCH3 is 2. The number of carbonyl (C=O) groups excluding carboxylic acids is 1. The van der Waals surface area contributed by atoms with Crippen LogP contribution in [0.15, 0.2) is 65.8 Å². The summed E-state index contributed by atoms with van der Waals surface area (Å²) in [5.41, 5.74) is 1.77. The molecular weight excluding hydrogens is 536 g/mol. The highest BCUT2D eigenvalue weighted by atomic mass is 32.2. The van der Waals surface area contributed by atoms with Crippen LogP contribution in [0.3, 0.4) is 0 Å². The second-order valence-corrected chi connectivity index (χ2v) is 12.4. The molecule has 2 aromatic heterocycles. The van der Waals surface area contributed by atoms with Gasteiger partial charge in [0.2, 0.25) is 10.0 Å². The summed E-state index contributed by atoms with van der Waals surface area (Å²) in [7, 11) is -0.478. The lowest BCUT2D eigenvalue weighted by molar-refractivity contribution is 0.0985. The Kier molecular flexibility index (Phi) is 7.83. The Hall–Kier alpha value is -3.54. The van der Waals surface area contributed by atoms with E-state index in [9.17, 15) is 13.2 Å². The van der Waals surface area contributed by atoms with Crippen LogP contribution in [0.5, 0.6) is 11.5 Å². The second kappa shape index (κ2) is 11.3. The molecular formula is C28H30N4O5S2. The van der Waals surface area contributed by atoms with E-state index in [1.165, 1.54) is 27.8 Å². The number of aromatic nitrogens is 2. The zero-order valence-corrected chi connectivity index (χ0v) is 23.7. The van der Waals surface area contributed by atoms with Crippen molar-refractivity contribution >= 4 is 42.6 Å². The number of piperidine rings is 1. The van der Waals surface area contributed by atoms with E-state index in [0.29, 0.717) is 46.7 Å². The van der Waals surface area contributed by atoms with Crippen LogP contribution >= 0.6 is 11.3 Å². The Labute approximate surface area is 232 Å². The van der Waals surface area contributed by atoms with Gasteiger partial charge in [-0.2, -0.15) is 4.31 Å². The summed E-state index contributed by atoms with van der Waals surface area (Å²) in [5, 5.41) is 0.459. The number of anilines is 1. The van der Waals surface area contributed by atoms with Crippen molar-refractivity contribution in [2.24, 2.45) is 5.92 Å². The molecule has 3 heterocycles. The van der Waals surface area contributed by atoms with Gasteiger partial charge in [-0.3, -0.25) is 14.7 Å². The van der Waals surface area contributed by atoms with E-state index in [4.69, 9.17) is 14.5 Å². The summed E-state index contributed by atoms with van der Waals surface area (Å²) in [6.07, 6.45) is 5.24. The molecule has 9 nitrogen and oxygen atoms in total. The topological polar surface area (TPSA) is 102 Å². The Morgan fingerprint density at radius 3 is 2.51 bits per heavy atom. The summed E-state index contributed by atoms with van der Waals surface area (Å²) in [5.74, 6) is 1.21. The summed E-state index contributed by atoms with van der Waals surface area (Å²) >= 11 is 1.32. The molecule has 204 valence electrons. The third-order valence-electron chi connectivity index (χ3n) is 6.80. The summed E-state index contributed by atoms with van der Waals surface area (Å²) in [4.78, 5) is 24.6. The molecule has 0 N–H and O–H groups in total. The molecule has 2 aromatic carbocycles. The van der Waals surface area contributed by atoms with Gasteiger partial charge in [0.15, 0.2) is 5.13 Å². The number of benzene rings is 2. The summed E-state index contributed by atoms with van der Waals surface area (Å²) in [6.45, 7) is 3.31. The van der Waals surface area contributed by atoms with E-state index >= 15 is 0 Å². The highest BCUT2D eigenvalue weighted by molar-refractivity contribution is 7.89. The van der Waals surface area contributed by atoms with Crippen molar-refractivity contribution in [3.8, 4) is 11.5 Å². The van der Waals surface area contributed by atoms with Gasteiger partial charge in [-0.1, -0.05) is 24.3 Å². The number of rotatable bonds is 8. The number of sulfonamides is 1. The van der Waals surface area contributed by atoms with Gasteiger partial charge in [0.25, 0.3) is 5.91 Å². The molecule has 4 aromatic rings. The van der Waals surface area contributed by atoms with E-state index in [-0.39, 0.29) is 17.3 Å². The van der Waals surface area contributed by atoms with Crippen molar-refractivity contribution < 1.29 is 22.7 Å². The maximum Gasteiger partial charge on any atom is 0.260 e. The Balaban J connectivity index is 1.50. The molecule has 0 bridgehead atoms. The van der Waals surface area contributed by atoms with Gasteiger partial charge in [0.05, 0.1) is 25.7 Å². The number of ether oxygens (including phenoxy) is 2. The van der Waals surface area contributed by atoms with Crippen LogP contribution in [0.4, 0.5) is 5.13 Å². The smallest absolute Gasteiger partial charge is 0.260 e. The zero-order chi connectivity index (χ0) is 27.6. The molecule has 39 heavy (non-hydrogen) atoms. The monoisotopic (exact) mass is 566 g/mol. The first-order valence-corrected chi connectivity index (χ1v) is 14.9. The highest BCUT2D eigenvalue weighted by Gasteiger charge is 2.29. The second-order valence-electron chi connectivity index (χ2n) is 9.53. The molecule has 0 aliphatic carbocycles. The molecule has 0 saturated carbocycles. The molecule has 5 rings (SSSR count). The lowest BCUT2D eigenvalue weighted by atomic mass is 10.0. The fourth-order valence-corrected chi connectivity index (χ4v) is 7.40. The van der Waals surface area contributed by atoms with Gasteiger partial charge in [-0.15, -0.1) is 0 Å². The van der Waals surface area contributed by atoms with Gasteiger partial charge in [-0.05, 0) is 66.8 Å². The highest BCUT2D eigenvalue weighted by Crippen LogP contribution is 2.40. The normalized spacial score (nSPS) is 16.2. The van der Waals surface area contributed by atoms with E-state index in [0.717, 1.165) is 23.1 Å². The number of nitrogens with zero attached hydrogens (tertiary/aromatic N) is 4. The Morgan fingerprint density at radius 1 is 1.10 bits per heavy atom. The Morgan fingerprint density at radius 2 is 1.85 bits per heavy atom. The number of hydrogen-bond donors (Lipinski definition) is 0. The molecule has 11 heteroatoms. The maximum atomic E-state index is 13.9. The van der Waals surface area contributed by atoms with Gasteiger partial charge < -0.3 is 9.47 Å². The zero-order valence-electron chi connectivity index (χ0n) is 22.0. The van der Waals surface area contributed by atoms with Gasteiger partial charge in [-0.25, -0.2) is 13.4 Å². The van der Waals surface area contributed by atoms with Crippen LogP contribution in [0.25, 0.3) is 10.2 Å². The van der Waals surface area contributed by atoms with E-state index < -0.39 is 10.0 Å².